The first-order chi connectivity index (χ1) is 15.9. The Bertz CT molecular complexity index is 1260. The van der Waals surface area contributed by atoms with Crippen molar-refractivity contribution >= 4 is 23.0 Å². The summed E-state index contributed by atoms with van der Waals surface area (Å²) in [4.78, 5) is 33.1. The number of aryl methyl sites for hydroxylation is 1. The smallest absolute Gasteiger partial charge is 0.416 e. The Kier molecular flexibility index (Phi) is 6.79. The number of benzene rings is 2. The molecule has 0 bridgehead atoms. The molecule has 0 unspecified atom stereocenters. The summed E-state index contributed by atoms with van der Waals surface area (Å²) in [5, 5.41) is 28.4. The Morgan fingerprint density at radius 1 is 1.12 bits per heavy atom. The number of amides is 1. The van der Waals surface area contributed by atoms with Crippen LogP contribution < -0.4 is 10.1 Å². The molecule has 0 saturated carbocycles. The average molecular weight is 479 g/mol. The molecule has 0 aliphatic carbocycles. The largest absolute Gasteiger partial charge is 0.457 e. The highest BCUT2D eigenvalue weighted by Crippen LogP contribution is 2.34. The van der Waals surface area contributed by atoms with Gasteiger partial charge < -0.3 is 10.1 Å². The number of ether oxygens (including phenoxy) is 1. The van der Waals surface area contributed by atoms with Crippen molar-refractivity contribution in [2.45, 2.75) is 26.1 Å². The minimum atomic E-state index is -4.60. The number of rotatable bonds is 8. The number of nitro benzene ring substituents is 1. The number of anilines is 1. The van der Waals surface area contributed by atoms with Crippen LogP contribution in [-0.4, -0.2) is 25.5 Å². The van der Waals surface area contributed by atoms with Crippen LogP contribution in [0.1, 0.15) is 17.7 Å². The quantitative estimate of drug-likeness (QED) is 0.359. The SMILES string of the molecule is Cc1c([N+](=O)[O-])cnn1CCC(=O)Nc1cc(Oc2cccc(C(F)(F)F)c2)cc([N+](=O)[O-])c1. The summed E-state index contributed by atoms with van der Waals surface area (Å²) in [6, 6.07) is 7.24. The summed E-state index contributed by atoms with van der Waals surface area (Å²) in [5.74, 6) is -0.950. The Hall–Kier alpha value is -4.49. The predicted molar refractivity (Wildman–Crippen MR) is 111 cm³/mol. The van der Waals surface area contributed by atoms with Crippen molar-refractivity contribution in [2.75, 3.05) is 5.32 Å². The molecule has 11 nitrogen and oxygen atoms in total. The highest BCUT2D eigenvalue weighted by molar-refractivity contribution is 5.91. The van der Waals surface area contributed by atoms with Gasteiger partial charge in [-0.15, -0.1) is 0 Å². The highest BCUT2D eigenvalue weighted by atomic mass is 19.4. The summed E-state index contributed by atoms with van der Waals surface area (Å²) in [6.45, 7) is 1.48. The van der Waals surface area contributed by atoms with Gasteiger partial charge in [0.25, 0.3) is 5.69 Å². The van der Waals surface area contributed by atoms with Gasteiger partial charge in [-0.2, -0.15) is 18.3 Å². The van der Waals surface area contributed by atoms with E-state index >= 15 is 0 Å². The Morgan fingerprint density at radius 3 is 2.47 bits per heavy atom. The third-order valence-corrected chi connectivity index (χ3v) is 4.61. The van der Waals surface area contributed by atoms with E-state index in [1.807, 2.05) is 0 Å². The maximum atomic E-state index is 12.9. The number of hydrogen-bond acceptors (Lipinski definition) is 7. The van der Waals surface area contributed by atoms with E-state index in [9.17, 15) is 38.2 Å². The predicted octanol–water partition coefficient (Wildman–Crippen LogP) is 4.85. The maximum absolute atomic E-state index is 12.9. The number of non-ortho nitro benzene ring substituents is 1. The van der Waals surface area contributed by atoms with Gasteiger partial charge in [0.2, 0.25) is 5.91 Å². The van der Waals surface area contributed by atoms with Crippen molar-refractivity contribution in [3.05, 3.63) is 80.1 Å². The molecule has 0 radical (unpaired) electrons. The fourth-order valence-corrected chi connectivity index (χ4v) is 2.96. The third kappa shape index (κ3) is 5.85. The van der Waals surface area contributed by atoms with E-state index < -0.39 is 33.2 Å². The standard InChI is InChI=1S/C20H16F3N5O6/c1-12-18(28(32)33)11-24-26(12)6-5-19(29)25-14-8-15(27(30)31)10-17(9-14)34-16-4-2-3-13(7-16)20(21,22)23/h2-4,7-11H,5-6H2,1H3,(H,25,29). The molecule has 3 aromatic rings. The molecule has 0 spiro atoms. The zero-order chi connectivity index (χ0) is 25.0. The van der Waals surface area contributed by atoms with Crippen molar-refractivity contribution < 1.29 is 32.5 Å². The molecule has 0 atom stereocenters. The fraction of sp³-hybridized carbons (Fsp3) is 0.200. The summed E-state index contributed by atoms with van der Waals surface area (Å²) in [5.41, 5.74) is -1.39. The molecule has 3 rings (SSSR count). The molecule has 1 aromatic heterocycles. The van der Waals surface area contributed by atoms with Gasteiger partial charge in [-0.05, 0) is 25.1 Å². The average Bonchev–Trinajstić information content (AvgIpc) is 3.12. The van der Waals surface area contributed by atoms with E-state index in [1.54, 1.807) is 0 Å². The van der Waals surface area contributed by atoms with Crippen LogP contribution in [0.15, 0.2) is 48.7 Å². The molecular weight excluding hydrogens is 463 g/mol. The summed E-state index contributed by atoms with van der Waals surface area (Å²) >= 11 is 0. The van der Waals surface area contributed by atoms with Crippen LogP contribution in [0.2, 0.25) is 0 Å². The first kappa shape index (κ1) is 24.2. The van der Waals surface area contributed by atoms with Crippen LogP contribution in [0.4, 0.5) is 30.2 Å². The molecule has 0 fully saturated rings. The molecule has 34 heavy (non-hydrogen) atoms. The second-order valence-electron chi connectivity index (χ2n) is 6.99. The number of aromatic nitrogens is 2. The van der Waals surface area contributed by atoms with Gasteiger partial charge in [-0.1, -0.05) is 6.07 Å². The number of nitrogens with zero attached hydrogens (tertiary/aromatic N) is 4. The molecule has 1 N–H and O–H groups in total. The van der Waals surface area contributed by atoms with Crippen molar-refractivity contribution in [3.63, 3.8) is 0 Å². The number of carbonyl (C=O) groups is 1. The van der Waals surface area contributed by atoms with E-state index in [0.717, 1.165) is 36.5 Å². The molecular formula is C20H16F3N5O6. The summed E-state index contributed by atoms with van der Waals surface area (Å²) < 4.78 is 45.4. The second kappa shape index (κ2) is 9.56. The van der Waals surface area contributed by atoms with Gasteiger partial charge in [0.15, 0.2) is 0 Å². The molecule has 14 heteroatoms. The minimum absolute atomic E-state index is 0.00796. The van der Waals surface area contributed by atoms with Gasteiger partial charge in [-0.25, -0.2) is 0 Å². The first-order valence-corrected chi connectivity index (χ1v) is 9.55. The number of alkyl halides is 3. The summed E-state index contributed by atoms with van der Waals surface area (Å²) in [7, 11) is 0. The highest BCUT2D eigenvalue weighted by Gasteiger charge is 2.30. The van der Waals surface area contributed by atoms with Crippen LogP contribution in [0, 0.1) is 27.2 Å². The van der Waals surface area contributed by atoms with Crippen molar-refractivity contribution in [2.24, 2.45) is 0 Å². The van der Waals surface area contributed by atoms with Crippen LogP contribution in [0.5, 0.6) is 11.5 Å². The monoisotopic (exact) mass is 479 g/mol. The lowest BCUT2D eigenvalue weighted by atomic mass is 10.2. The number of halogens is 3. The van der Waals surface area contributed by atoms with Crippen molar-refractivity contribution in [3.8, 4) is 11.5 Å². The van der Waals surface area contributed by atoms with Gasteiger partial charge in [0.1, 0.15) is 23.4 Å². The zero-order valence-electron chi connectivity index (χ0n) is 17.4. The zero-order valence-corrected chi connectivity index (χ0v) is 17.4. The van der Waals surface area contributed by atoms with Crippen LogP contribution in [0.3, 0.4) is 0 Å². The lowest BCUT2D eigenvalue weighted by Gasteiger charge is -2.12. The Balaban J connectivity index is 1.75. The van der Waals surface area contributed by atoms with Gasteiger partial charge in [-0.3, -0.25) is 29.7 Å². The molecule has 1 amide bonds. The number of nitrogens with one attached hydrogen (secondary N) is 1. The number of nitro groups is 2. The second-order valence-corrected chi connectivity index (χ2v) is 6.99. The van der Waals surface area contributed by atoms with Gasteiger partial charge in [0.05, 0.1) is 33.7 Å². The number of carbonyl (C=O) groups excluding carboxylic acids is 1. The Morgan fingerprint density at radius 2 is 1.85 bits per heavy atom. The van der Waals surface area contributed by atoms with Crippen LogP contribution >= 0.6 is 0 Å². The minimum Gasteiger partial charge on any atom is -0.457 e. The third-order valence-electron chi connectivity index (χ3n) is 4.61. The van der Waals surface area contributed by atoms with E-state index in [1.165, 1.54) is 23.7 Å². The van der Waals surface area contributed by atoms with E-state index in [0.29, 0.717) is 0 Å². The lowest BCUT2D eigenvalue weighted by Crippen LogP contribution is -2.15. The van der Waals surface area contributed by atoms with Crippen LogP contribution in [-0.2, 0) is 17.5 Å². The van der Waals surface area contributed by atoms with Crippen molar-refractivity contribution in [1.82, 2.24) is 9.78 Å². The van der Waals surface area contributed by atoms with E-state index in [2.05, 4.69) is 10.4 Å². The van der Waals surface area contributed by atoms with Gasteiger partial charge >= 0.3 is 11.9 Å². The molecule has 2 aromatic carbocycles. The molecule has 178 valence electrons. The molecule has 0 saturated heterocycles. The normalized spacial score (nSPS) is 11.2. The first-order valence-electron chi connectivity index (χ1n) is 9.55. The topological polar surface area (TPSA) is 142 Å². The van der Waals surface area contributed by atoms with Gasteiger partial charge in [0, 0.05) is 18.6 Å². The molecule has 1 heterocycles. The lowest BCUT2D eigenvalue weighted by molar-refractivity contribution is -0.385. The molecule has 0 aliphatic rings. The van der Waals surface area contributed by atoms with Crippen molar-refractivity contribution in [1.29, 1.82) is 0 Å². The molecule has 0 aliphatic heterocycles. The summed E-state index contributed by atoms with van der Waals surface area (Å²) in [6.07, 6.45) is -3.70. The van der Waals surface area contributed by atoms with E-state index in [-0.39, 0.29) is 41.5 Å². The fourth-order valence-electron chi connectivity index (χ4n) is 2.96. The van der Waals surface area contributed by atoms with E-state index in [4.69, 9.17) is 4.74 Å². The van der Waals surface area contributed by atoms with Crippen LogP contribution in [0.25, 0.3) is 0 Å². The maximum Gasteiger partial charge on any atom is 0.416 e. The Labute approximate surface area is 189 Å². The number of hydrogen-bond donors (Lipinski definition) is 1.